The first-order valence-electron chi connectivity index (χ1n) is 9.17. The number of benzene rings is 1. The molecule has 2 aliphatic heterocycles. The zero-order valence-corrected chi connectivity index (χ0v) is 16.8. The lowest BCUT2D eigenvalue weighted by atomic mass is 9.94. The van der Waals surface area contributed by atoms with E-state index in [1.807, 2.05) is 38.1 Å². The van der Waals surface area contributed by atoms with Crippen LogP contribution in [-0.2, 0) is 14.3 Å². The Morgan fingerprint density at radius 3 is 2.59 bits per heavy atom. The summed E-state index contributed by atoms with van der Waals surface area (Å²) in [7, 11) is 0. The van der Waals surface area contributed by atoms with E-state index in [-0.39, 0.29) is 17.8 Å². The number of hydrogen-bond donors (Lipinski definition) is 0. The molecule has 1 saturated heterocycles. The van der Waals surface area contributed by atoms with Crippen LogP contribution in [0, 0.1) is 0 Å². The molecule has 0 saturated carbocycles. The van der Waals surface area contributed by atoms with Gasteiger partial charge in [-0.3, -0.25) is 9.69 Å². The minimum absolute atomic E-state index is 0.0515. The molecule has 1 aromatic carbocycles. The number of carbonyl (C=O) groups excluding carboxylic acids is 2. The third kappa shape index (κ3) is 3.74. The highest BCUT2D eigenvalue weighted by Crippen LogP contribution is 2.43. The number of amidine groups is 1. The predicted molar refractivity (Wildman–Crippen MR) is 106 cm³/mol. The van der Waals surface area contributed by atoms with Gasteiger partial charge in [-0.15, -0.1) is 0 Å². The minimum Gasteiger partial charge on any atom is -0.494 e. The molecule has 0 N–H and O–H groups in total. The summed E-state index contributed by atoms with van der Waals surface area (Å²) in [5, 5.41) is 0.405. The Kier molecular flexibility index (Phi) is 5.89. The molecule has 1 amide bonds. The molecule has 0 spiro atoms. The zero-order valence-electron chi connectivity index (χ0n) is 16.0. The van der Waals surface area contributed by atoms with Gasteiger partial charge in [0.05, 0.1) is 35.8 Å². The van der Waals surface area contributed by atoms with Crippen molar-refractivity contribution in [1.29, 1.82) is 0 Å². The SMILES string of the molecule is CCCOc1ccc(C2C(C(=O)OCC)=C(C)N=C3SC(C)C(=O)N32)cc1. The van der Waals surface area contributed by atoms with Crippen molar-refractivity contribution in [2.45, 2.75) is 45.4 Å². The standard InChI is InChI=1S/C20H24N2O4S/c1-5-11-26-15-9-7-14(8-10-15)17-16(19(24)25-6-2)12(3)21-20-22(17)18(23)13(4)27-20/h7-10,13,17H,5-6,11H2,1-4H3. The second-order valence-electron chi connectivity index (χ2n) is 6.40. The van der Waals surface area contributed by atoms with Crippen LogP contribution in [0.25, 0.3) is 0 Å². The Labute approximate surface area is 163 Å². The topological polar surface area (TPSA) is 68.2 Å². The van der Waals surface area contributed by atoms with Crippen LogP contribution in [0.4, 0.5) is 0 Å². The lowest BCUT2D eigenvalue weighted by Gasteiger charge is -2.33. The van der Waals surface area contributed by atoms with Crippen molar-refractivity contribution in [1.82, 2.24) is 4.90 Å². The first kappa shape index (κ1) is 19.5. The molecule has 2 heterocycles. The van der Waals surface area contributed by atoms with E-state index < -0.39 is 12.0 Å². The fourth-order valence-electron chi connectivity index (χ4n) is 3.15. The van der Waals surface area contributed by atoms with Gasteiger partial charge in [0.2, 0.25) is 5.91 Å². The number of carbonyl (C=O) groups is 2. The van der Waals surface area contributed by atoms with E-state index in [9.17, 15) is 9.59 Å². The summed E-state index contributed by atoms with van der Waals surface area (Å²) in [6.07, 6.45) is 0.927. The van der Waals surface area contributed by atoms with Gasteiger partial charge in [-0.25, -0.2) is 9.79 Å². The minimum atomic E-state index is -0.540. The van der Waals surface area contributed by atoms with Crippen LogP contribution in [0.2, 0.25) is 0 Å². The molecule has 3 rings (SSSR count). The highest BCUT2D eigenvalue weighted by molar-refractivity contribution is 8.15. The highest BCUT2D eigenvalue weighted by atomic mass is 32.2. The third-order valence-electron chi connectivity index (χ3n) is 4.42. The lowest BCUT2D eigenvalue weighted by molar-refractivity contribution is -0.139. The number of hydrogen-bond acceptors (Lipinski definition) is 6. The molecule has 0 aliphatic carbocycles. The Bertz CT molecular complexity index is 801. The second-order valence-corrected chi connectivity index (χ2v) is 7.71. The van der Waals surface area contributed by atoms with Crippen molar-refractivity contribution < 1.29 is 19.1 Å². The molecule has 0 radical (unpaired) electrons. The maximum absolute atomic E-state index is 12.8. The number of fused-ring (bicyclic) bond motifs is 1. The van der Waals surface area contributed by atoms with Gasteiger partial charge in [-0.05, 0) is 44.9 Å². The van der Waals surface area contributed by atoms with E-state index in [0.29, 0.717) is 23.0 Å². The number of amides is 1. The van der Waals surface area contributed by atoms with Gasteiger partial charge in [-0.1, -0.05) is 30.8 Å². The largest absolute Gasteiger partial charge is 0.494 e. The predicted octanol–water partition coefficient (Wildman–Crippen LogP) is 3.69. The normalized spacial score (nSPS) is 21.9. The molecule has 1 fully saturated rings. The van der Waals surface area contributed by atoms with Crippen LogP contribution in [-0.4, -0.2) is 40.4 Å². The molecule has 7 heteroatoms. The third-order valence-corrected chi connectivity index (χ3v) is 5.48. The van der Waals surface area contributed by atoms with E-state index in [1.54, 1.807) is 18.7 Å². The average Bonchev–Trinajstić information content (AvgIpc) is 2.93. The van der Waals surface area contributed by atoms with Gasteiger partial charge < -0.3 is 9.47 Å². The van der Waals surface area contributed by atoms with Crippen molar-refractivity contribution in [2.24, 2.45) is 4.99 Å². The Hall–Kier alpha value is -2.28. The summed E-state index contributed by atoms with van der Waals surface area (Å²) in [5.74, 6) is 0.273. The molecule has 2 atom stereocenters. The first-order chi connectivity index (χ1) is 13.0. The van der Waals surface area contributed by atoms with Crippen LogP contribution < -0.4 is 4.74 Å². The number of rotatable bonds is 6. The van der Waals surface area contributed by atoms with Crippen molar-refractivity contribution in [3.63, 3.8) is 0 Å². The van der Waals surface area contributed by atoms with Crippen LogP contribution in [0.1, 0.15) is 45.7 Å². The molecule has 0 aromatic heterocycles. The summed E-state index contributed by atoms with van der Waals surface area (Å²) in [4.78, 5) is 31.6. The van der Waals surface area contributed by atoms with E-state index in [2.05, 4.69) is 4.99 Å². The number of ether oxygens (including phenoxy) is 2. The van der Waals surface area contributed by atoms with Gasteiger partial charge in [0.25, 0.3) is 0 Å². The molecule has 27 heavy (non-hydrogen) atoms. The molecule has 6 nitrogen and oxygen atoms in total. The maximum Gasteiger partial charge on any atom is 0.338 e. The summed E-state index contributed by atoms with van der Waals surface area (Å²) in [6.45, 7) is 8.36. The number of allylic oxidation sites excluding steroid dienone is 1. The van der Waals surface area contributed by atoms with Crippen LogP contribution >= 0.6 is 11.8 Å². The Morgan fingerprint density at radius 2 is 1.96 bits per heavy atom. The number of thioether (sulfide) groups is 1. The second kappa shape index (κ2) is 8.17. The fraction of sp³-hybridized carbons (Fsp3) is 0.450. The van der Waals surface area contributed by atoms with Gasteiger partial charge in [0.15, 0.2) is 5.17 Å². The van der Waals surface area contributed by atoms with E-state index >= 15 is 0 Å². The molecule has 2 unspecified atom stereocenters. The maximum atomic E-state index is 12.8. The summed E-state index contributed by atoms with van der Waals surface area (Å²) in [5.41, 5.74) is 1.83. The number of esters is 1. The number of nitrogens with zero attached hydrogens (tertiary/aromatic N) is 2. The molecule has 2 aliphatic rings. The van der Waals surface area contributed by atoms with Crippen LogP contribution in [0.15, 0.2) is 40.5 Å². The van der Waals surface area contributed by atoms with Gasteiger partial charge in [0.1, 0.15) is 5.75 Å². The molecule has 1 aromatic rings. The number of aliphatic imine (C=N–C) groups is 1. The summed E-state index contributed by atoms with van der Waals surface area (Å²) < 4.78 is 10.9. The van der Waals surface area contributed by atoms with Gasteiger partial charge in [0, 0.05) is 0 Å². The summed E-state index contributed by atoms with van der Waals surface area (Å²) >= 11 is 1.42. The van der Waals surface area contributed by atoms with Gasteiger partial charge >= 0.3 is 5.97 Å². The van der Waals surface area contributed by atoms with Crippen LogP contribution in [0.5, 0.6) is 5.75 Å². The van der Waals surface area contributed by atoms with E-state index in [1.165, 1.54) is 11.8 Å². The van der Waals surface area contributed by atoms with Crippen molar-refractivity contribution in [3.8, 4) is 5.75 Å². The lowest BCUT2D eigenvalue weighted by Crippen LogP contribution is -2.40. The molecule has 0 bridgehead atoms. The highest BCUT2D eigenvalue weighted by Gasteiger charge is 2.46. The van der Waals surface area contributed by atoms with E-state index in [0.717, 1.165) is 17.7 Å². The Balaban J connectivity index is 2.03. The molecular formula is C20H24N2O4S. The monoisotopic (exact) mass is 388 g/mol. The molecule has 144 valence electrons. The first-order valence-corrected chi connectivity index (χ1v) is 10.0. The summed E-state index contributed by atoms with van der Waals surface area (Å²) in [6, 6.07) is 6.98. The molecular weight excluding hydrogens is 364 g/mol. The fourth-order valence-corrected chi connectivity index (χ4v) is 4.18. The smallest absolute Gasteiger partial charge is 0.338 e. The zero-order chi connectivity index (χ0) is 19.6. The van der Waals surface area contributed by atoms with Crippen molar-refractivity contribution >= 4 is 28.8 Å². The van der Waals surface area contributed by atoms with E-state index in [4.69, 9.17) is 9.47 Å². The quantitative estimate of drug-likeness (QED) is 0.695. The average molecular weight is 388 g/mol. The van der Waals surface area contributed by atoms with Gasteiger partial charge in [-0.2, -0.15) is 0 Å². The van der Waals surface area contributed by atoms with Crippen LogP contribution in [0.3, 0.4) is 0 Å². The van der Waals surface area contributed by atoms with Crippen molar-refractivity contribution in [2.75, 3.05) is 13.2 Å². The van der Waals surface area contributed by atoms with Crippen molar-refractivity contribution in [3.05, 3.63) is 41.1 Å². The Morgan fingerprint density at radius 1 is 1.26 bits per heavy atom.